The van der Waals surface area contributed by atoms with Gasteiger partial charge in [0.05, 0.1) is 17.9 Å². The van der Waals surface area contributed by atoms with Crippen LogP contribution >= 0.6 is 0 Å². The number of anilines is 1. The summed E-state index contributed by atoms with van der Waals surface area (Å²) < 4.78 is 1.76. The molecule has 0 aliphatic heterocycles. The van der Waals surface area contributed by atoms with Crippen LogP contribution in [0.2, 0.25) is 0 Å². The summed E-state index contributed by atoms with van der Waals surface area (Å²) in [5, 5.41) is 10.4. The molecule has 1 aromatic heterocycles. The van der Waals surface area contributed by atoms with Crippen molar-refractivity contribution >= 4 is 11.6 Å². The molecule has 5 heteroatoms. The van der Waals surface area contributed by atoms with Gasteiger partial charge in [-0.2, -0.15) is 5.10 Å². The summed E-state index contributed by atoms with van der Waals surface area (Å²) in [4.78, 5) is 11.5. The predicted molar refractivity (Wildman–Crippen MR) is 62.2 cm³/mol. The Morgan fingerprint density at radius 3 is 3.00 bits per heavy atom. The van der Waals surface area contributed by atoms with Crippen LogP contribution in [0.15, 0.2) is 6.20 Å². The first-order valence-corrected chi connectivity index (χ1v) is 5.74. The molecule has 16 heavy (non-hydrogen) atoms. The van der Waals surface area contributed by atoms with Gasteiger partial charge in [-0.25, -0.2) is 0 Å². The van der Waals surface area contributed by atoms with Crippen LogP contribution in [-0.2, 0) is 18.3 Å². The number of nitrogens with one attached hydrogen (secondary N) is 2. The summed E-state index contributed by atoms with van der Waals surface area (Å²) in [5.74, 6) is 0.0633. The van der Waals surface area contributed by atoms with E-state index in [1.54, 1.807) is 4.68 Å². The Kier molecular flexibility index (Phi) is 3.12. The second-order valence-electron chi connectivity index (χ2n) is 4.21. The summed E-state index contributed by atoms with van der Waals surface area (Å²) in [7, 11) is 1.88. The van der Waals surface area contributed by atoms with Crippen molar-refractivity contribution in [3.05, 3.63) is 11.9 Å². The van der Waals surface area contributed by atoms with Crippen LogP contribution < -0.4 is 10.6 Å². The Labute approximate surface area is 95.2 Å². The first-order valence-electron chi connectivity index (χ1n) is 5.74. The number of hydrogen-bond donors (Lipinski definition) is 2. The molecule has 1 aliphatic rings. The number of carbonyl (C=O) groups is 1. The maximum Gasteiger partial charge on any atom is 0.239 e. The molecule has 1 fully saturated rings. The van der Waals surface area contributed by atoms with Gasteiger partial charge in [-0.3, -0.25) is 9.48 Å². The Morgan fingerprint density at radius 2 is 2.38 bits per heavy atom. The maximum atomic E-state index is 11.5. The number of hydrogen-bond acceptors (Lipinski definition) is 3. The van der Waals surface area contributed by atoms with E-state index in [0.29, 0.717) is 12.6 Å². The van der Waals surface area contributed by atoms with E-state index in [4.69, 9.17) is 0 Å². The van der Waals surface area contributed by atoms with E-state index in [9.17, 15) is 4.79 Å². The molecule has 5 nitrogen and oxygen atoms in total. The Hall–Kier alpha value is -1.52. The topological polar surface area (TPSA) is 59.0 Å². The van der Waals surface area contributed by atoms with Crippen molar-refractivity contribution in [3.8, 4) is 0 Å². The van der Waals surface area contributed by atoms with Crippen LogP contribution in [0.4, 0.5) is 5.69 Å². The van der Waals surface area contributed by atoms with Crippen molar-refractivity contribution < 1.29 is 4.79 Å². The molecule has 88 valence electrons. The number of rotatable bonds is 5. The summed E-state index contributed by atoms with van der Waals surface area (Å²) in [6.45, 7) is 2.38. The summed E-state index contributed by atoms with van der Waals surface area (Å²) in [6, 6.07) is 0.425. The fourth-order valence-electron chi connectivity index (χ4n) is 1.63. The van der Waals surface area contributed by atoms with Crippen molar-refractivity contribution in [1.82, 2.24) is 15.1 Å². The van der Waals surface area contributed by atoms with Gasteiger partial charge in [0.2, 0.25) is 5.91 Å². The van der Waals surface area contributed by atoms with Crippen LogP contribution in [0.25, 0.3) is 0 Å². The third kappa shape index (κ3) is 2.74. The SMILES string of the molecule is CCc1nn(C)cc1NCC(=O)NC1CC1. The van der Waals surface area contributed by atoms with Crippen LogP contribution in [0.3, 0.4) is 0 Å². The van der Waals surface area contributed by atoms with Crippen LogP contribution in [0.5, 0.6) is 0 Å². The fraction of sp³-hybridized carbons (Fsp3) is 0.636. The first-order chi connectivity index (χ1) is 7.69. The molecular weight excluding hydrogens is 204 g/mol. The highest BCUT2D eigenvalue weighted by molar-refractivity contribution is 5.81. The minimum absolute atomic E-state index is 0.0633. The van der Waals surface area contributed by atoms with Crippen LogP contribution in [-0.4, -0.2) is 28.3 Å². The highest BCUT2D eigenvalue weighted by atomic mass is 16.2. The van der Waals surface area contributed by atoms with Gasteiger partial charge in [-0.05, 0) is 19.3 Å². The minimum atomic E-state index is 0.0633. The number of nitrogens with zero attached hydrogens (tertiary/aromatic N) is 2. The molecule has 0 bridgehead atoms. The second kappa shape index (κ2) is 4.55. The number of amides is 1. The zero-order valence-electron chi connectivity index (χ0n) is 9.79. The standard InChI is InChI=1S/C11H18N4O/c1-3-9-10(7-15(2)14-9)12-6-11(16)13-8-4-5-8/h7-8,12H,3-6H2,1-2H3,(H,13,16). The number of carbonyl (C=O) groups excluding carboxylic acids is 1. The Bertz CT molecular complexity index is 381. The molecule has 1 saturated carbocycles. The molecule has 0 saturated heterocycles. The third-order valence-corrected chi connectivity index (χ3v) is 2.62. The molecule has 0 unspecified atom stereocenters. The van der Waals surface area contributed by atoms with E-state index in [0.717, 1.165) is 30.6 Å². The van der Waals surface area contributed by atoms with Gasteiger partial charge in [0.15, 0.2) is 0 Å². The fourth-order valence-corrected chi connectivity index (χ4v) is 1.63. The lowest BCUT2D eigenvalue weighted by atomic mass is 10.3. The van der Waals surface area contributed by atoms with Gasteiger partial charge >= 0.3 is 0 Å². The van der Waals surface area contributed by atoms with Gasteiger partial charge in [0.1, 0.15) is 0 Å². The third-order valence-electron chi connectivity index (χ3n) is 2.62. The van der Waals surface area contributed by atoms with E-state index in [1.807, 2.05) is 13.2 Å². The molecule has 2 rings (SSSR count). The first kappa shape index (κ1) is 11.0. The van der Waals surface area contributed by atoms with E-state index in [2.05, 4.69) is 22.7 Å². The zero-order chi connectivity index (χ0) is 11.5. The molecule has 1 heterocycles. The van der Waals surface area contributed by atoms with Gasteiger partial charge in [0, 0.05) is 19.3 Å². The monoisotopic (exact) mass is 222 g/mol. The summed E-state index contributed by atoms with van der Waals surface area (Å²) >= 11 is 0. The van der Waals surface area contributed by atoms with Crippen molar-refractivity contribution in [2.75, 3.05) is 11.9 Å². The summed E-state index contributed by atoms with van der Waals surface area (Å²) in [6.07, 6.45) is 5.02. The number of aromatic nitrogens is 2. The van der Waals surface area contributed by atoms with Crippen molar-refractivity contribution in [2.24, 2.45) is 7.05 Å². The highest BCUT2D eigenvalue weighted by Gasteiger charge is 2.22. The minimum Gasteiger partial charge on any atom is -0.373 e. The second-order valence-corrected chi connectivity index (χ2v) is 4.21. The normalized spacial score (nSPS) is 14.9. The van der Waals surface area contributed by atoms with Gasteiger partial charge in [0.25, 0.3) is 0 Å². The quantitative estimate of drug-likeness (QED) is 0.770. The van der Waals surface area contributed by atoms with E-state index in [-0.39, 0.29) is 5.91 Å². The molecule has 1 aliphatic carbocycles. The molecule has 1 aromatic rings. The largest absolute Gasteiger partial charge is 0.373 e. The lowest BCUT2D eigenvalue weighted by Crippen LogP contribution is -2.31. The molecule has 0 atom stereocenters. The van der Waals surface area contributed by atoms with Crippen molar-refractivity contribution in [1.29, 1.82) is 0 Å². The van der Waals surface area contributed by atoms with Gasteiger partial charge in [-0.15, -0.1) is 0 Å². The van der Waals surface area contributed by atoms with E-state index in [1.165, 1.54) is 0 Å². The van der Waals surface area contributed by atoms with Crippen LogP contribution in [0, 0.1) is 0 Å². The molecule has 2 N–H and O–H groups in total. The Balaban J connectivity index is 1.85. The molecule has 0 spiro atoms. The molecule has 0 aromatic carbocycles. The van der Waals surface area contributed by atoms with Crippen molar-refractivity contribution in [2.45, 2.75) is 32.2 Å². The lowest BCUT2D eigenvalue weighted by Gasteiger charge is -2.05. The molecule has 0 radical (unpaired) electrons. The van der Waals surface area contributed by atoms with Gasteiger partial charge in [-0.1, -0.05) is 6.92 Å². The van der Waals surface area contributed by atoms with Crippen LogP contribution in [0.1, 0.15) is 25.5 Å². The Morgan fingerprint density at radius 1 is 1.62 bits per heavy atom. The van der Waals surface area contributed by atoms with Gasteiger partial charge < -0.3 is 10.6 Å². The van der Waals surface area contributed by atoms with Crippen molar-refractivity contribution in [3.63, 3.8) is 0 Å². The zero-order valence-corrected chi connectivity index (χ0v) is 9.79. The molecule has 1 amide bonds. The molecular formula is C11H18N4O. The average Bonchev–Trinajstić information content (AvgIpc) is 2.97. The summed E-state index contributed by atoms with van der Waals surface area (Å²) in [5.41, 5.74) is 1.96. The van der Waals surface area contributed by atoms with E-state index >= 15 is 0 Å². The lowest BCUT2D eigenvalue weighted by molar-refractivity contribution is -0.119. The smallest absolute Gasteiger partial charge is 0.239 e. The maximum absolute atomic E-state index is 11.5. The highest BCUT2D eigenvalue weighted by Crippen LogP contribution is 2.18. The average molecular weight is 222 g/mol. The van der Waals surface area contributed by atoms with E-state index < -0.39 is 0 Å². The number of aryl methyl sites for hydroxylation is 2. The predicted octanol–water partition coefficient (Wildman–Crippen LogP) is 0.673.